The first-order valence-electron chi connectivity index (χ1n) is 8.50. The molecule has 1 N–H and O–H groups in total. The summed E-state index contributed by atoms with van der Waals surface area (Å²) in [7, 11) is 0. The number of anilines is 1. The number of fused-ring (bicyclic) bond motifs is 1. The molecule has 0 aliphatic heterocycles. The minimum absolute atomic E-state index is 0.238. The highest BCUT2D eigenvalue weighted by Crippen LogP contribution is 2.35. The Balaban J connectivity index is 1.71. The highest BCUT2D eigenvalue weighted by Gasteiger charge is 2.13. The van der Waals surface area contributed by atoms with Gasteiger partial charge in [0, 0.05) is 16.6 Å². The van der Waals surface area contributed by atoms with Gasteiger partial charge in [0.15, 0.2) is 0 Å². The summed E-state index contributed by atoms with van der Waals surface area (Å²) >= 11 is 0. The van der Waals surface area contributed by atoms with Crippen molar-refractivity contribution in [2.45, 2.75) is 19.3 Å². The van der Waals surface area contributed by atoms with Gasteiger partial charge >= 0.3 is 0 Å². The lowest BCUT2D eigenvalue weighted by atomic mass is 9.97. The number of allylic oxidation sites excluding steroid dienone is 2. The molecule has 0 bridgehead atoms. The lowest BCUT2D eigenvalue weighted by Gasteiger charge is -2.12. The van der Waals surface area contributed by atoms with Crippen molar-refractivity contribution in [3.05, 3.63) is 83.7 Å². The van der Waals surface area contributed by atoms with Crippen LogP contribution in [0.3, 0.4) is 0 Å². The van der Waals surface area contributed by atoms with Crippen LogP contribution in [0, 0.1) is 5.82 Å². The molecule has 1 amide bonds. The minimum Gasteiger partial charge on any atom is -0.321 e. The molecule has 25 heavy (non-hydrogen) atoms. The number of rotatable bonds is 3. The zero-order chi connectivity index (χ0) is 17.2. The summed E-state index contributed by atoms with van der Waals surface area (Å²) in [5.74, 6) is -0.589. The Morgan fingerprint density at radius 2 is 1.68 bits per heavy atom. The van der Waals surface area contributed by atoms with E-state index in [1.165, 1.54) is 41.8 Å². The van der Waals surface area contributed by atoms with Crippen molar-refractivity contribution in [3.8, 4) is 0 Å². The summed E-state index contributed by atoms with van der Waals surface area (Å²) in [6.45, 7) is 0. The molecule has 0 saturated heterocycles. The molecule has 3 heteroatoms. The molecule has 124 valence electrons. The van der Waals surface area contributed by atoms with Crippen molar-refractivity contribution in [2.75, 3.05) is 5.32 Å². The van der Waals surface area contributed by atoms with Crippen molar-refractivity contribution in [1.29, 1.82) is 0 Å². The quantitative estimate of drug-likeness (QED) is 0.646. The van der Waals surface area contributed by atoms with E-state index in [0.29, 0.717) is 5.56 Å². The molecule has 0 fully saturated rings. The van der Waals surface area contributed by atoms with E-state index in [-0.39, 0.29) is 11.7 Å². The van der Waals surface area contributed by atoms with Crippen LogP contribution in [-0.4, -0.2) is 5.91 Å². The van der Waals surface area contributed by atoms with E-state index in [4.69, 9.17) is 0 Å². The first kappa shape index (κ1) is 15.6. The molecule has 1 aliphatic carbocycles. The molecule has 0 aromatic heterocycles. The second-order valence-electron chi connectivity index (χ2n) is 6.29. The van der Waals surface area contributed by atoms with Gasteiger partial charge in [-0.1, -0.05) is 36.4 Å². The van der Waals surface area contributed by atoms with Crippen molar-refractivity contribution >= 4 is 27.9 Å². The summed E-state index contributed by atoms with van der Waals surface area (Å²) in [6, 6.07) is 17.7. The number of amides is 1. The highest BCUT2D eigenvalue weighted by molar-refractivity contribution is 6.10. The molecular weight excluding hydrogens is 313 g/mol. The van der Waals surface area contributed by atoms with Crippen LogP contribution in [0.15, 0.2) is 66.7 Å². The maximum atomic E-state index is 13.0. The maximum absolute atomic E-state index is 13.0. The second-order valence-corrected chi connectivity index (χ2v) is 6.29. The second kappa shape index (κ2) is 6.52. The molecule has 2 nitrogen and oxygen atoms in total. The van der Waals surface area contributed by atoms with Gasteiger partial charge in [0.2, 0.25) is 0 Å². The van der Waals surface area contributed by atoms with E-state index in [1.54, 1.807) is 0 Å². The van der Waals surface area contributed by atoms with Crippen molar-refractivity contribution < 1.29 is 9.18 Å². The normalized spacial score (nSPS) is 13.7. The van der Waals surface area contributed by atoms with Gasteiger partial charge in [-0.3, -0.25) is 4.79 Å². The van der Waals surface area contributed by atoms with E-state index in [2.05, 4.69) is 23.5 Å². The predicted molar refractivity (Wildman–Crippen MR) is 100 cm³/mol. The minimum atomic E-state index is -0.351. The maximum Gasteiger partial charge on any atom is 0.255 e. The van der Waals surface area contributed by atoms with E-state index in [1.807, 2.05) is 24.3 Å². The van der Waals surface area contributed by atoms with Gasteiger partial charge in [0.25, 0.3) is 5.91 Å². The fraction of sp³-hybridized carbons (Fsp3) is 0.136. The van der Waals surface area contributed by atoms with Crippen LogP contribution in [0.25, 0.3) is 16.3 Å². The molecule has 0 radical (unpaired) electrons. The van der Waals surface area contributed by atoms with Crippen LogP contribution in [0.2, 0.25) is 0 Å². The van der Waals surface area contributed by atoms with Crippen LogP contribution in [-0.2, 0) is 0 Å². The van der Waals surface area contributed by atoms with E-state index < -0.39 is 0 Å². The Morgan fingerprint density at radius 3 is 2.44 bits per heavy atom. The molecule has 1 aliphatic rings. The number of hydrogen-bond donors (Lipinski definition) is 1. The van der Waals surface area contributed by atoms with E-state index >= 15 is 0 Å². The van der Waals surface area contributed by atoms with Crippen LogP contribution >= 0.6 is 0 Å². The third-order valence-corrected chi connectivity index (χ3v) is 4.66. The Morgan fingerprint density at radius 1 is 0.920 bits per heavy atom. The average molecular weight is 331 g/mol. The lowest BCUT2D eigenvalue weighted by Crippen LogP contribution is -2.12. The lowest BCUT2D eigenvalue weighted by molar-refractivity contribution is 0.102. The molecule has 4 rings (SSSR count). The molecular formula is C22H18FNO. The topological polar surface area (TPSA) is 29.1 Å². The molecule has 0 unspecified atom stereocenters. The van der Waals surface area contributed by atoms with Crippen LogP contribution in [0.5, 0.6) is 0 Å². The van der Waals surface area contributed by atoms with Gasteiger partial charge in [-0.05, 0) is 66.1 Å². The number of carbonyl (C=O) groups excluding carboxylic acids is 1. The summed E-state index contributed by atoms with van der Waals surface area (Å²) in [6.07, 6.45) is 5.74. The number of carbonyl (C=O) groups is 1. The van der Waals surface area contributed by atoms with Crippen LogP contribution in [0.4, 0.5) is 10.1 Å². The van der Waals surface area contributed by atoms with Gasteiger partial charge in [0.1, 0.15) is 5.82 Å². The van der Waals surface area contributed by atoms with Gasteiger partial charge < -0.3 is 5.32 Å². The number of benzene rings is 3. The predicted octanol–water partition coefficient (Wildman–Crippen LogP) is 5.80. The zero-order valence-electron chi connectivity index (χ0n) is 13.8. The monoisotopic (exact) mass is 331 g/mol. The zero-order valence-corrected chi connectivity index (χ0v) is 13.8. The van der Waals surface area contributed by atoms with Crippen molar-refractivity contribution in [2.24, 2.45) is 0 Å². The smallest absolute Gasteiger partial charge is 0.255 e. The van der Waals surface area contributed by atoms with E-state index in [0.717, 1.165) is 29.3 Å². The Hall–Kier alpha value is -2.94. The molecule has 0 heterocycles. The Labute approximate surface area is 146 Å². The molecule has 3 aromatic carbocycles. The van der Waals surface area contributed by atoms with Crippen molar-refractivity contribution in [3.63, 3.8) is 0 Å². The molecule has 3 aromatic rings. The summed E-state index contributed by atoms with van der Waals surface area (Å²) in [5.41, 5.74) is 3.83. The summed E-state index contributed by atoms with van der Waals surface area (Å²) in [4.78, 5) is 12.5. The number of halogens is 1. The first-order chi connectivity index (χ1) is 12.2. The van der Waals surface area contributed by atoms with Crippen molar-refractivity contribution in [1.82, 2.24) is 0 Å². The summed E-state index contributed by atoms with van der Waals surface area (Å²) in [5, 5.41) is 5.12. The SMILES string of the molecule is O=C(Nc1cccc2c(C3=CCCC3)cccc12)c1ccc(F)cc1. The standard InChI is InChI=1S/C22H18FNO/c23-17-13-11-16(12-14-17)22(25)24-21-10-4-8-19-18(7-3-9-20(19)21)15-5-1-2-6-15/h3-5,7-14H,1-2,6H2,(H,24,25). The molecule has 0 atom stereocenters. The van der Waals surface area contributed by atoms with E-state index in [9.17, 15) is 9.18 Å². The Kier molecular flexibility index (Phi) is 4.06. The largest absolute Gasteiger partial charge is 0.321 e. The van der Waals surface area contributed by atoms with Gasteiger partial charge in [-0.15, -0.1) is 0 Å². The first-order valence-corrected chi connectivity index (χ1v) is 8.50. The van der Waals surface area contributed by atoms with Crippen LogP contribution < -0.4 is 5.32 Å². The fourth-order valence-electron chi connectivity index (χ4n) is 3.41. The third kappa shape index (κ3) is 3.05. The number of nitrogens with one attached hydrogen (secondary N) is 1. The highest BCUT2D eigenvalue weighted by atomic mass is 19.1. The third-order valence-electron chi connectivity index (χ3n) is 4.66. The average Bonchev–Trinajstić information content (AvgIpc) is 3.16. The van der Waals surface area contributed by atoms with Gasteiger partial charge in [-0.25, -0.2) is 4.39 Å². The van der Waals surface area contributed by atoms with Gasteiger partial charge in [-0.2, -0.15) is 0 Å². The van der Waals surface area contributed by atoms with Crippen LogP contribution in [0.1, 0.15) is 35.2 Å². The molecule has 0 spiro atoms. The van der Waals surface area contributed by atoms with Gasteiger partial charge in [0.05, 0.1) is 0 Å². The summed E-state index contributed by atoms with van der Waals surface area (Å²) < 4.78 is 13.0. The Bertz CT molecular complexity index is 973. The number of hydrogen-bond acceptors (Lipinski definition) is 1. The molecule has 0 saturated carbocycles. The fourth-order valence-corrected chi connectivity index (χ4v) is 3.41.